The van der Waals surface area contributed by atoms with Crippen molar-refractivity contribution in [3.05, 3.63) is 28.8 Å². The van der Waals surface area contributed by atoms with Crippen LogP contribution in [0.3, 0.4) is 0 Å². The molecule has 0 heterocycles. The molecule has 0 saturated heterocycles. The summed E-state index contributed by atoms with van der Waals surface area (Å²) in [5.74, 6) is -2.01. The molecule has 0 aliphatic heterocycles. The quantitative estimate of drug-likeness (QED) is 0.0411. The molecule has 0 fully saturated rings. The fourth-order valence-electron chi connectivity index (χ4n) is 7.91. The average molecular weight is 785 g/mol. The van der Waals surface area contributed by atoms with E-state index in [1.807, 2.05) is 19.1 Å². The molecule has 1 aromatic carbocycles. The van der Waals surface area contributed by atoms with E-state index < -0.39 is 17.9 Å². The van der Waals surface area contributed by atoms with E-state index in [0.29, 0.717) is 18.8 Å². The van der Waals surface area contributed by atoms with E-state index in [9.17, 15) is 14.7 Å². The van der Waals surface area contributed by atoms with Crippen LogP contribution >= 0.6 is 0 Å². The van der Waals surface area contributed by atoms with Crippen molar-refractivity contribution < 1.29 is 24.2 Å². The first-order chi connectivity index (χ1) is 27.1. The molecule has 0 aliphatic carbocycles. The van der Waals surface area contributed by atoms with Crippen molar-refractivity contribution in [2.45, 2.75) is 259 Å². The zero-order valence-corrected chi connectivity index (χ0v) is 38.1. The molecule has 0 radical (unpaired) electrons. The smallest absolute Gasteiger partial charge is 0.320 e. The van der Waals surface area contributed by atoms with Crippen LogP contribution in [0.4, 0.5) is 0 Å². The summed E-state index contributed by atoms with van der Waals surface area (Å²) in [6, 6.07) is 3.86. The van der Waals surface area contributed by atoms with Crippen LogP contribution in [-0.4, -0.2) is 30.3 Å². The molecule has 0 aromatic heterocycles. The summed E-state index contributed by atoms with van der Waals surface area (Å²) in [5.41, 5.74) is 2.12. The molecule has 326 valence electrons. The van der Waals surface area contributed by atoms with E-state index in [4.69, 9.17) is 9.47 Å². The molecule has 0 saturated carbocycles. The van der Waals surface area contributed by atoms with E-state index in [0.717, 1.165) is 49.7 Å². The van der Waals surface area contributed by atoms with Crippen LogP contribution in [0.2, 0.25) is 0 Å². The molecule has 0 unspecified atom stereocenters. The molecule has 0 atom stereocenters. The second kappa shape index (κ2) is 35.0. The molecule has 0 spiro atoms. The van der Waals surface area contributed by atoms with Gasteiger partial charge < -0.3 is 14.6 Å². The summed E-state index contributed by atoms with van der Waals surface area (Å²) in [6.07, 6.45) is 41.3. The molecule has 1 N–H and O–H groups in total. The average Bonchev–Trinajstić information content (AvgIpc) is 3.16. The summed E-state index contributed by atoms with van der Waals surface area (Å²) >= 11 is 0. The molecular formula is C51H92O5. The van der Waals surface area contributed by atoms with Gasteiger partial charge in [0.25, 0.3) is 0 Å². The monoisotopic (exact) mass is 785 g/mol. The van der Waals surface area contributed by atoms with Crippen LogP contribution in [0.1, 0.15) is 257 Å². The Labute approximate surface area is 347 Å². The third-order valence-corrected chi connectivity index (χ3v) is 11.6. The number of hydrogen-bond donors (Lipinski definition) is 1. The molecule has 0 amide bonds. The number of esters is 2. The fraction of sp³-hybridized carbons (Fsp3) is 0.843. The van der Waals surface area contributed by atoms with E-state index in [1.165, 1.54) is 167 Å². The molecule has 0 aliphatic rings. The maximum Gasteiger partial charge on any atom is 0.320 e. The number of phenolic OH excluding ortho intramolecular Hbond substituents is 1. The number of carbonyl (C=O) groups is 2. The Hall–Kier alpha value is -2.04. The second-order valence-corrected chi connectivity index (χ2v) is 18.3. The molecule has 5 nitrogen and oxygen atoms in total. The van der Waals surface area contributed by atoms with Gasteiger partial charge in [-0.2, -0.15) is 0 Å². The Balaban J connectivity index is 2.39. The lowest BCUT2D eigenvalue weighted by Gasteiger charge is -2.24. The summed E-state index contributed by atoms with van der Waals surface area (Å²) in [4.78, 5) is 26.8. The van der Waals surface area contributed by atoms with Crippen molar-refractivity contribution in [2.75, 3.05) is 13.2 Å². The van der Waals surface area contributed by atoms with Crippen molar-refractivity contribution >= 4 is 11.9 Å². The maximum atomic E-state index is 13.4. The summed E-state index contributed by atoms with van der Waals surface area (Å²) in [6.45, 7) is 13.3. The van der Waals surface area contributed by atoms with Crippen molar-refractivity contribution in [1.82, 2.24) is 0 Å². The highest BCUT2D eigenvalue weighted by atomic mass is 16.6. The molecular weight excluding hydrogens is 693 g/mol. The Morgan fingerprint density at radius 1 is 0.500 bits per heavy atom. The molecule has 5 heteroatoms. The van der Waals surface area contributed by atoms with Gasteiger partial charge in [-0.05, 0) is 42.7 Å². The highest BCUT2D eigenvalue weighted by molar-refractivity contribution is 5.95. The number of rotatable bonds is 38. The van der Waals surface area contributed by atoms with Crippen molar-refractivity contribution in [1.29, 1.82) is 0 Å². The first kappa shape index (κ1) is 52.0. The number of ether oxygens (including phenoxy) is 2. The van der Waals surface area contributed by atoms with Crippen LogP contribution in [-0.2, 0) is 30.9 Å². The maximum absolute atomic E-state index is 13.4. The number of carbonyl (C=O) groups excluding carboxylic acids is 2. The molecule has 1 rings (SSSR count). The van der Waals surface area contributed by atoms with Gasteiger partial charge in [-0.1, -0.05) is 245 Å². The van der Waals surface area contributed by atoms with E-state index >= 15 is 0 Å². The molecule has 56 heavy (non-hydrogen) atoms. The Morgan fingerprint density at radius 2 is 0.786 bits per heavy atom. The van der Waals surface area contributed by atoms with Crippen LogP contribution in [0.15, 0.2) is 12.1 Å². The van der Waals surface area contributed by atoms with Crippen LogP contribution in [0.25, 0.3) is 0 Å². The summed E-state index contributed by atoms with van der Waals surface area (Å²) in [5, 5.41) is 11.2. The lowest BCUT2D eigenvalue weighted by molar-refractivity contribution is -0.162. The summed E-state index contributed by atoms with van der Waals surface area (Å²) < 4.78 is 11.4. The largest absolute Gasteiger partial charge is 0.507 e. The van der Waals surface area contributed by atoms with Gasteiger partial charge in [-0.3, -0.25) is 9.59 Å². The minimum atomic E-state index is -1.09. The van der Waals surface area contributed by atoms with E-state index in [2.05, 4.69) is 34.6 Å². The topological polar surface area (TPSA) is 72.8 Å². The number of phenols is 1. The van der Waals surface area contributed by atoms with Gasteiger partial charge in [0.1, 0.15) is 5.75 Å². The van der Waals surface area contributed by atoms with Gasteiger partial charge in [0.15, 0.2) is 5.92 Å². The van der Waals surface area contributed by atoms with Gasteiger partial charge in [0.2, 0.25) is 0 Å². The highest BCUT2D eigenvalue weighted by Crippen LogP contribution is 2.36. The van der Waals surface area contributed by atoms with Gasteiger partial charge in [-0.25, -0.2) is 0 Å². The van der Waals surface area contributed by atoms with Gasteiger partial charge in [0.05, 0.1) is 13.2 Å². The van der Waals surface area contributed by atoms with E-state index in [-0.39, 0.29) is 17.6 Å². The molecule has 0 bridgehead atoms. The second-order valence-electron chi connectivity index (χ2n) is 18.3. The first-order valence-electron chi connectivity index (χ1n) is 24.3. The normalized spacial score (nSPS) is 11.8. The number of benzene rings is 1. The summed E-state index contributed by atoms with van der Waals surface area (Å²) in [7, 11) is 0. The Kier molecular flexibility index (Phi) is 32.4. The van der Waals surface area contributed by atoms with Crippen molar-refractivity contribution in [3.63, 3.8) is 0 Å². The van der Waals surface area contributed by atoms with Crippen molar-refractivity contribution in [2.24, 2.45) is 5.92 Å². The van der Waals surface area contributed by atoms with Crippen LogP contribution in [0.5, 0.6) is 5.75 Å². The predicted octanol–water partition coefficient (Wildman–Crippen LogP) is 15.8. The zero-order valence-electron chi connectivity index (χ0n) is 38.1. The van der Waals surface area contributed by atoms with Crippen molar-refractivity contribution in [3.8, 4) is 5.75 Å². The zero-order chi connectivity index (χ0) is 41.1. The minimum absolute atomic E-state index is 0.0756. The SMILES string of the molecule is CCCCCCCCCCCCCCCCCCOC(=O)C(Cc1cc(C)cc(C(C)(C)C)c1O)C(=O)OCCCCCCCCCCCCCCCCCC. The number of aryl methyl sites for hydroxylation is 1. The lowest BCUT2D eigenvalue weighted by atomic mass is 9.83. The van der Waals surface area contributed by atoms with Gasteiger partial charge >= 0.3 is 11.9 Å². The minimum Gasteiger partial charge on any atom is -0.507 e. The van der Waals surface area contributed by atoms with E-state index in [1.54, 1.807) is 0 Å². The third-order valence-electron chi connectivity index (χ3n) is 11.6. The first-order valence-corrected chi connectivity index (χ1v) is 24.3. The predicted molar refractivity (Wildman–Crippen MR) is 240 cm³/mol. The highest BCUT2D eigenvalue weighted by Gasteiger charge is 2.32. The van der Waals surface area contributed by atoms with Crippen LogP contribution in [0, 0.1) is 12.8 Å². The number of aromatic hydroxyl groups is 1. The fourth-order valence-corrected chi connectivity index (χ4v) is 7.91. The van der Waals surface area contributed by atoms with Crippen LogP contribution < -0.4 is 0 Å². The van der Waals surface area contributed by atoms with Gasteiger partial charge in [-0.15, -0.1) is 0 Å². The number of unbranched alkanes of at least 4 members (excludes halogenated alkanes) is 30. The molecule has 1 aromatic rings. The standard InChI is InChI=1S/C51H92O5/c1-7-9-11-13-15-17-19-21-23-25-27-29-31-33-35-37-39-55-49(53)46(43-45-41-44(3)42-47(48(45)52)51(4,5)6)50(54)56-40-38-36-34-32-30-28-26-24-22-20-18-16-14-12-10-8-2/h41-42,46,52H,7-40,43H2,1-6H3. The Morgan fingerprint density at radius 3 is 1.07 bits per heavy atom. The third kappa shape index (κ3) is 27.6. The lowest BCUT2D eigenvalue weighted by Crippen LogP contribution is -2.30. The van der Waals surface area contributed by atoms with Gasteiger partial charge in [0, 0.05) is 0 Å². The Bertz CT molecular complexity index is 1040. The number of hydrogen-bond acceptors (Lipinski definition) is 5.